The van der Waals surface area contributed by atoms with Gasteiger partial charge in [-0.2, -0.15) is 0 Å². The molecule has 0 saturated heterocycles. The van der Waals surface area contributed by atoms with E-state index in [1.807, 2.05) is 0 Å². The van der Waals surface area contributed by atoms with Gasteiger partial charge < -0.3 is 9.84 Å². The standard InChI is InChI=1S/C15H11NO4/c17-14(18)12-10-5-1-2-6-11(10)15(19)20-13(12)9-4-3-7-16-8-9/h1-8,12-13H,(H,17,18)/t12-,13+/m0/s1. The zero-order chi connectivity index (χ0) is 14.1. The van der Waals surface area contributed by atoms with E-state index in [-0.39, 0.29) is 0 Å². The minimum absolute atomic E-state index is 0.306. The first kappa shape index (κ1) is 12.3. The molecule has 2 aromatic rings. The first-order valence-corrected chi connectivity index (χ1v) is 6.11. The second-order valence-electron chi connectivity index (χ2n) is 4.52. The van der Waals surface area contributed by atoms with Crippen LogP contribution in [0.2, 0.25) is 0 Å². The number of cyclic esters (lactones) is 1. The number of pyridine rings is 1. The summed E-state index contributed by atoms with van der Waals surface area (Å²) < 4.78 is 5.31. The minimum Gasteiger partial charge on any atom is -0.481 e. The highest BCUT2D eigenvalue weighted by atomic mass is 16.5. The fraction of sp³-hybridized carbons (Fsp3) is 0.133. The van der Waals surface area contributed by atoms with Crippen molar-refractivity contribution in [2.24, 2.45) is 0 Å². The van der Waals surface area contributed by atoms with E-state index in [2.05, 4.69) is 4.98 Å². The Bertz CT molecular complexity index is 669. The maximum atomic E-state index is 12.0. The molecular weight excluding hydrogens is 258 g/mol. The maximum Gasteiger partial charge on any atom is 0.339 e. The second kappa shape index (κ2) is 4.77. The van der Waals surface area contributed by atoms with Gasteiger partial charge in [-0.25, -0.2) is 4.79 Å². The van der Waals surface area contributed by atoms with Crippen LogP contribution in [0.25, 0.3) is 0 Å². The Balaban J connectivity index is 2.14. The van der Waals surface area contributed by atoms with Crippen LogP contribution in [0.1, 0.15) is 33.5 Å². The number of carboxylic acid groups (broad SMARTS) is 1. The maximum absolute atomic E-state index is 12.0. The minimum atomic E-state index is -1.03. The Morgan fingerprint density at radius 2 is 2.00 bits per heavy atom. The summed E-state index contributed by atoms with van der Waals surface area (Å²) in [6, 6.07) is 10.0. The van der Waals surface area contributed by atoms with Crippen LogP contribution in [0.15, 0.2) is 48.8 Å². The van der Waals surface area contributed by atoms with Crippen LogP contribution in [0.5, 0.6) is 0 Å². The zero-order valence-corrected chi connectivity index (χ0v) is 10.4. The number of benzene rings is 1. The highest BCUT2D eigenvalue weighted by Gasteiger charge is 2.41. The number of carbonyl (C=O) groups is 2. The normalized spacial score (nSPS) is 20.9. The van der Waals surface area contributed by atoms with Crippen molar-refractivity contribution in [1.82, 2.24) is 4.98 Å². The number of hydrogen-bond acceptors (Lipinski definition) is 4. The largest absolute Gasteiger partial charge is 0.481 e. The number of carboxylic acids is 1. The molecule has 2 heterocycles. The van der Waals surface area contributed by atoms with Crippen molar-refractivity contribution in [3.05, 3.63) is 65.5 Å². The first-order valence-electron chi connectivity index (χ1n) is 6.11. The van der Waals surface area contributed by atoms with Gasteiger partial charge in [-0.15, -0.1) is 0 Å². The van der Waals surface area contributed by atoms with E-state index in [1.54, 1.807) is 42.6 Å². The molecule has 0 aliphatic carbocycles. The lowest BCUT2D eigenvalue weighted by Gasteiger charge is -2.30. The smallest absolute Gasteiger partial charge is 0.339 e. The van der Waals surface area contributed by atoms with Crippen molar-refractivity contribution in [1.29, 1.82) is 0 Å². The van der Waals surface area contributed by atoms with Crippen molar-refractivity contribution in [3.63, 3.8) is 0 Å². The van der Waals surface area contributed by atoms with Crippen molar-refractivity contribution in [2.45, 2.75) is 12.0 Å². The van der Waals surface area contributed by atoms with E-state index in [1.165, 1.54) is 6.20 Å². The van der Waals surface area contributed by atoms with Gasteiger partial charge >= 0.3 is 11.9 Å². The van der Waals surface area contributed by atoms with Crippen molar-refractivity contribution in [2.75, 3.05) is 0 Å². The monoisotopic (exact) mass is 269 g/mol. The molecule has 5 heteroatoms. The van der Waals surface area contributed by atoms with E-state index in [0.717, 1.165) is 0 Å². The Morgan fingerprint density at radius 3 is 2.70 bits per heavy atom. The summed E-state index contributed by atoms with van der Waals surface area (Å²) in [6.07, 6.45) is 2.24. The average Bonchev–Trinajstić information content (AvgIpc) is 2.47. The summed E-state index contributed by atoms with van der Waals surface area (Å²) in [5.74, 6) is -2.46. The van der Waals surface area contributed by atoms with Gasteiger partial charge in [0.15, 0.2) is 0 Å². The van der Waals surface area contributed by atoms with E-state index in [0.29, 0.717) is 16.7 Å². The van der Waals surface area contributed by atoms with E-state index in [4.69, 9.17) is 4.74 Å². The molecule has 1 N–H and O–H groups in total. The molecule has 1 aliphatic heterocycles. The first-order chi connectivity index (χ1) is 9.68. The van der Waals surface area contributed by atoms with Crippen LogP contribution in [-0.4, -0.2) is 22.0 Å². The molecular formula is C15H11NO4. The van der Waals surface area contributed by atoms with Gasteiger partial charge in [0.2, 0.25) is 0 Å². The third kappa shape index (κ3) is 1.93. The average molecular weight is 269 g/mol. The van der Waals surface area contributed by atoms with Crippen LogP contribution in [0, 0.1) is 0 Å². The Morgan fingerprint density at radius 1 is 1.20 bits per heavy atom. The van der Waals surface area contributed by atoms with Gasteiger partial charge in [0.1, 0.15) is 12.0 Å². The van der Waals surface area contributed by atoms with E-state index < -0.39 is 24.0 Å². The number of aliphatic carboxylic acids is 1. The van der Waals surface area contributed by atoms with Gasteiger partial charge in [-0.05, 0) is 17.7 Å². The molecule has 100 valence electrons. The van der Waals surface area contributed by atoms with Crippen molar-refractivity contribution in [3.8, 4) is 0 Å². The molecule has 0 amide bonds. The molecule has 3 rings (SSSR count). The van der Waals surface area contributed by atoms with Crippen LogP contribution >= 0.6 is 0 Å². The SMILES string of the molecule is O=C1O[C@H](c2cccnc2)[C@@H](C(=O)O)c2ccccc21. The summed E-state index contributed by atoms with van der Waals surface area (Å²) in [4.78, 5) is 27.5. The molecule has 0 spiro atoms. The van der Waals surface area contributed by atoms with Crippen LogP contribution < -0.4 is 0 Å². The topological polar surface area (TPSA) is 76.5 Å². The molecule has 1 aromatic carbocycles. The third-order valence-electron chi connectivity index (χ3n) is 3.33. The predicted octanol–water partition coefficient (Wildman–Crippen LogP) is 2.16. The van der Waals surface area contributed by atoms with Crippen LogP contribution in [0.4, 0.5) is 0 Å². The zero-order valence-electron chi connectivity index (χ0n) is 10.4. The Labute approximate surface area is 114 Å². The molecule has 0 bridgehead atoms. The lowest BCUT2D eigenvalue weighted by atomic mass is 9.84. The number of rotatable bonds is 2. The highest BCUT2D eigenvalue weighted by molar-refractivity contribution is 5.96. The van der Waals surface area contributed by atoms with Gasteiger partial charge in [0.05, 0.1) is 5.56 Å². The number of ether oxygens (including phenoxy) is 1. The molecule has 0 saturated carbocycles. The number of esters is 1. The summed E-state index contributed by atoms with van der Waals surface area (Å²) in [5, 5.41) is 9.49. The van der Waals surface area contributed by atoms with Crippen LogP contribution in [0.3, 0.4) is 0 Å². The molecule has 2 atom stereocenters. The van der Waals surface area contributed by atoms with Gasteiger partial charge in [0, 0.05) is 18.0 Å². The highest BCUT2D eigenvalue weighted by Crippen LogP contribution is 2.40. The predicted molar refractivity (Wildman–Crippen MR) is 69.2 cm³/mol. The van der Waals surface area contributed by atoms with E-state index >= 15 is 0 Å². The summed E-state index contributed by atoms with van der Waals surface area (Å²) in [5.41, 5.74) is 1.35. The molecule has 20 heavy (non-hydrogen) atoms. The molecule has 1 aliphatic rings. The second-order valence-corrected chi connectivity index (χ2v) is 4.52. The van der Waals surface area contributed by atoms with Gasteiger partial charge in [-0.1, -0.05) is 24.3 Å². The molecule has 1 aromatic heterocycles. The molecule has 0 unspecified atom stereocenters. The summed E-state index contributed by atoms with van der Waals surface area (Å²) >= 11 is 0. The number of fused-ring (bicyclic) bond motifs is 1. The van der Waals surface area contributed by atoms with Gasteiger partial charge in [0.25, 0.3) is 0 Å². The lowest BCUT2D eigenvalue weighted by Crippen LogP contribution is -2.31. The number of carbonyl (C=O) groups excluding carboxylic acids is 1. The summed E-state index contributed by atoms with van der Waals surface area (Å²) in [6.45, 7) is 0. The molecule has 5 nitrogen and oxygen atoms in total. The number of aromatic nitrogens is 1. The van der Waals surface area contributed by atoms with Gasteiger partial charge in [-0.3, -0.25) is 9.78 Å². The summed E-state index contributed by atoms with van der Waals surface area (Å²) in [7, 11) is 0. The fourth-order valence-corrected chi connectivity index (χ4v) is 2.43. The third-order valence-corrected chi connectivity index (χ3v) is 3.33. The van der Waals surface area contributed by atoms with Crippen molar-refractivity contribution >= 4 is 11.9 Å². The Kier molecular flexibility index (Phi) is 2.95. The fourth-order valence-electron chi connectivity index (χ4n) is 2.43. The molecule has 0 fully saturated rings. The lowest BCUT2D eigenvalue weighted by molar-refractivity contribution is -0.142. The van der Waals surface area contributed by atoms with Crippen molar-refractivity contribution < 1.29 is 19.4 Å². The molecule has 0 radical (unpaired) electrons. The Hall–Kier alpha value is -2.69. The number of hydrogen-bond donors (Lipinski definition) is 1. The van der Waals surface area contributed by atoms with E-state index in [9.17, 15) is 14.7 Å². The number of nitrogens with zero attached hydrogens (tertiary/aromatic N) is 1. The van der Waals surface area contributed by atoms with Crippen LogP contribution in [-0.2, 0) is 9.53 Å². The quantitative estimate of drug-likeness (QED) is 0.845.